The minimum absolute atomic E-state index is 0.00803. The van der Waals surface area contributed by atoms with Crippen LogP contribution in [0.15, 0.2) is 63.1 Å². The third kappa shape index (κ3) is 3.59. The van der Waals surface area contributed by atoms with E-state index in [1.165, 1.54) is 0 Å². The number of aromatic amines is 1. The number of H-pyrrole nitrogens is 1. The van der Waals surface area contributed by atoms with Gasteiger partial charge in [-0.25, -0.2) is 9.36 Å². The molecule has 1 aliphatic rings. The molecule has 0 fully saturated rings. The van der Waals surface area contributed by atoms with Gasteiger partial charge in [-0.05, 0) is 57.2 Å². The maximum atomic E-state index is 12.6. The number of hydrogen-bond donors (Lipinski definition) is 2. The van der Waals surface area contributed by atoms with E-state index in [0.29, 0.717) is 5.69 Å². The van der Waals surface area contributed by atoms with Gasteiger partial charge in [0.05, 0.1) is 11.4 Å². The van der Waals surface area contributed by atoms with E-state index < -0.39 is 17.1 Å². The molecule has 2 aromatic carbocycles. The molecule has 0 spiro atoms. The third-order valence-electron chi connectivity index (χ3n) is 5.52. The molecule has 0 atom stereocenters. The smallest absolute Gasteiger partial charge is 0.335 e. The zero-order chi connectivity index (χ0) is 22.1. The number of rotatable bonds is 5. The number of para-hydroxylation sites is 1. The van der Waals surface area contributed by atoms with E-state index in [1.54, 1.807) is 18.2 Å². The molecule has 0 bridgehead atoms. The fourth-order valence-corrected chi connectivity index (χ4v) is 3.87. The first-order valence-corrected chi connectivity index (χ1v) is 10.2. The van der Waals surface area contributed by atoms with Crippen LogP contribution >= 0.6 is 0 Å². The first-order chi connectivity index (χ1) is 14.9. The van der Waals surface area contributed by atoms with Crippen LogP contribution in [-0.2, 0) is 0 Å². The summed E-state index contributed by atoms with van der Waals surface area (Å²) >= 11 is 0. The van der Waals surface area contributed by atoms with E-state index in [2.05, 4.69) is 28.7 Å². The average Bonchev–Trinajstić information content (AvgIpc) is 3.07. The van der Waals surface area contributed by atoms with E-state index in [4.69, 9.17) is 0 Å². The summed E-state index contributed by atoms with van der Waals surface area (Å²) in [6.45, 7) is 7.71. The van der Waals surface area contributed by atoms with Crippen LogP contribution < -0.4 is 16.1 Å². The van der Waals surface area contributed by atoms with Gasteiger partial charge in [-0.15, -0.1) is 0 Å². The fraction of sp³-hybridized carbons (Fsp3) is 0.208. The highest BCUT2D eigenvalue weighted by molar-refractivity contribution is 6.31. The first-order valence-electron chi connectivity index (χ1n) is 10.2. The van der Waals surface area contributed by atoms with E-state index in [-0.39, 0.29) is 5.56 Å². The Balaban J connectivity index is 1.83. The number of aromatic nitrogens is 2. The van der Waals surface area contributed by atoms with E-state index in [1.807, 2.05) is 43.3 Å². The number of hydrogen-bond acceptors (Lipinski definition) is 5. The summed E-state index contributed by atoms with van der Waals surface area (Å²) in [6.07, 6.45) is 1.58. The molecule has 0 saturated heterocycles. The monoisotopic (exact) mass is 416 g/mol. The van der Waals surface area contributed by atoms with Crippen LogP contribution in [0.3, 0.4) is 0 Å². The van der Waals surface area contributed by atoms with Crippen molar-refractivity contribution >= 4 is 28.7 Å². The largest absolute Gasteiger partial charge is 0.494 e. The zero-order valence-electron chi connectivity index (χ0n) is 17.7. The highest BCUT2D eigenvalue weighted by Crippen LogP contribution is 2.36. The lowest BCUT2D eigenvalue weighted by Gasteiger charge is -2.21. The normalized spacial score (nSPS) is 13.9. The van der Waals surface area contributed by atoms with Gasteiger partial charge in [0.25, 0.3) is 5.56 Å². The van der Waals surface area contributed by atoms with Crippen LogP contribution in [0.25, 0.3) is 17.3 Å². The van der Waals surface area contributed by atoms with Gasteiger partial charge in [0, 0.05) is 35.6 Å². The summed E-state index contributed by atoms with van der Waals surface area (Å²) in [4.78, 5) is 34.1. The minimum Gasteiger partial charge on any atom is -0.494 e. The van der Waals surface area contributed by atoms with Gasteiger partial charge in [0.15, 0.2) is 0 Å². The van der Waals surface area contributed by atoms with Crippen LogP contribution in [-0.4, -0.2) is 33.5 Å². The molecule has 1 aromatic heterocycles. The van der Waals surface area contributed by atoms with Gasteiger partial charge >= 0.3 is 5.69 Å². The van der Waals surface area contributed by atoms with Crippen molar-refractivity contribution in [2.24, 2.45) is 4.99 Å². The second kappa shape index (κ2) is 8.10. The van der Waals surface area contributed by atoms with Gasteiger partial charge in [0.1, 0.15) is 5.56 Å². The molecular formula is C24H24N4O3. The third-order valence-corrected chi connectivity index (χ3v) is 5.52. The SMILES string of the molecule is CCN(CC)c1ccc(-n2c(O)c(C=C3C(C)=Nc4ccccc43)c(=O)[nH]c2=O)cc1. The topological polar surface area (TPSA) is 90.7 Å². The summed E-state index contributed by atoms with van der Waals surface area (Å²) in [5, 5.41) is 10.9. The second-order valence-corrected chi connectivity index (χ2v) is 7.29. The van der Waals surface area contributed by atoms with Crippen LogP contribution in [0.4, 0.5) is 11.4 Å². The highest BCUT2D eigenvalue weighted by atomic mass is 16.3. The number of anilines is 1. The molecule has 0 radical (unpaired) electrons. The predicted molar refractivity (Wildman–Crippen MR) is 125 cm³/mol. The van der Waals surface area contributed by atoms with Crippen molar-refractivity contribution in [3.8, 4) is 11.6 Å². The lowest BCUT2D eigenvalue weighted by molar-refractivity contribution is 0.429. The molecule has 1 aliphatic heterocycles. The van der Waals surface area contributed by atoms with Crippen LogP contribution in [0.2, 0.25) is 0 Å². The lowest BCUT2D eigenvalue weighted by Crippen LogP contribution is -2.30. The van der Waals surface area contributed by atoms with Crippen molar-refractivity contribution in [2.45, 2.75) is 20.8 Å². The molecule has 0 saturated carbocycles. The van der Waals surface area contributed by atoms with Crippen molar-refractivity contribution in [3.05, 3.63) is 80.5 Å². The highest BCUT2D eigenvalue weighted by Gasteiger charge is 2.20. The maximum absolute atomic E-state index is 12.6. The quantitative estimate of drug-likeness (QED) is 0.663. The molecule has 31 heavy (non-hydrogen) atoms. The molecular weight excluding hydrogens is 392 g/mol. The number of aromatic hydroxyl groups is 1. The number of fused-ring (bicyclic) bond motifs is 1. The van der Waals surface area contributed by atoms with Crippen LogP contribution in [0.5, 0.6) is 5.88 Å². The van der Waals surface area contributed by atoms with Gasteiger partial charge in [-0.3, -0.25) is 14.8 Å². The van der Waals surface area contributed by atoms with Crippen molar-refractivity contribution in [1.29, 1.82) is 0 Å². The standard InChI is InChI=1S/C24H24N4O3/c1-4-27(5-2)16-10-12-17(13-11-16)28-23(30)20(22(29)26-24(28)31)14-19-15(3)25-21-9-7-6-8-18(19)21/h6-14,30H,4-5H2,1-3H3,(H,26,29,31). The molecule has 158 valence electrons. The average molecular weight is 416 g/mol. The number of allylic oxidation sites excluding steroid dienone is 1. The molecule has 7 nitrogen and oxygen atoms in total. The molecule has 2 N–H and O–H groups in total. The molecule has 0 aliphatic carbocycles. The molecule has 3 aromatic rings. The van der Waals surface area contributed by atoms with Crippen molar-refractivity contribution < 1.29 is 5.11 Å². The Labute approximate surface area is 179 Å². The Morgan fingerprint density at radius 3 is 2.42 bits per heavy atom. The molecule has 4 rings (SSSR count). The van der Waals surface area contributed by atoms with Crippen LogP contribution in [0, 0.1) is 0 Å². The van der Waals surface area contributed by atoms with E-state index in [9.17, 15) is 14.7 Å². The first kappa shape index (κ1) is 20.4. The maximum Gasteiger partial charge on any atom is 0.335 e. The van der Waals surface area contributed by atoms with Crippen molar-refractivity contribution in [1.82, 2.24) is 9.55 Å². The summed E-state index contributed by atoms with van der Waals surface area (Å²) in [5.74, 6) is -0.408. The second-order valence-electron chi connectivity index (χ2n) is 7.29. The van der Waals surface area contributed by atoms with Gasteiger partial charge in [0.2, 0.25) is 5.88 Å². The number of aliphatic imine (C=N–C) groups is 1. The van der Waals surface area contributed by atoms with Crippen LogP contribution in [0.1, 0.15) is 31.9 Å². The Hall–Kier alpha value is -3.87. The summed E-state index contributed by atoms with van der Waals surface area (Å²) < 4.78 is 1.10. The Morgan fingerprint density at radius 1 is 1.06 bits per heavy atom. The number of benzene rings is 2. The number of nitrogens with one attached hydrogen (secondary N) is 1. The number of nitrogens with zero attached hydrogens (tertiary/aromatic N) is 3. The zero-order valence-corrected chi connectivity index (χ0v) is 17.7. The Bertz CT molecular complexity index is 1310. The molecule has 0 unspecified atom stereocenters. The molecule has 2 heterocycles. The molecule has 7 heteroatoms. The van der Waals surface area contributed by atoms with Gasteiger partial charge in [-0.1, -0.05) is 18.2 Å². The van der Waals surface area contributed by atoms with Crippen molar-refractivity contribution in [2.75, 3.05) is 18.0 Å². The van der Waals surface area contributed by atoms with E-state index >= 15 is 0 Å². The minimum atomic E-state index is -0.697. The summed E-state index contributed by atoms with van der Waals surface area (Å²) in [5.41, 5.74) is 3.30. The van der Waals surface area contributed by atoms with Gasteiger partial charge in [-0.2, -0.15) is 0 Å². The molecule has 0 amide bonds. The van der Waals surface area contributed by atoms with E-state index in [0.717, 1.165) is 45.9 Å². The summed E-state index contributed by atoms with van der Waals surface area (Å²) in [7, 11) is 0. The Kier molecular flexibility index (Phi) is 5.33. The predicted octanol–water partition coefficient (Wildman–Crippen LogP) is 3.72. The lowest BCUT2D eigenvalue weighted by atomic mass is 10.0. The Morgan fingerprint density at radius 2 is 1.74 bits per heavy atom. The van der Waals surface area contributed by atoms with Gasteiger partial charge < -0.3 is 10.0 Å². The van der Waals surface area contributed by atoms with Crippen molar-refractivity contribution in [3.63, 3.8) is 0 Å². The fourth-order valence-electron chi connectivity index (χ4n) is 3.87. The summed E-state index contributed by atoms with van der Waals surface area (Å²) in [6, 6.07) is 14.9.